The van der Waals surface area contributed by atoms with Gasteiger partial charge in [0, 0.05) is 12.3 Å². The monoisotopic (exact) mass is 160 g/mol. The van der Waals surface area contributed by atoms with Crippen LogP contribution in [0.2, 0.25) is 0 Å². The highest BCUT2D eigenvalue weighted by atomic mass is 14.6. The van der Waals surface area contributed by atoms with Crippen molar-refractivity contribution < 1.29 is 0 Å². The maximum Gasteiger partial charge on any atom is 0.0656 e. The van der Waals surface area contributed by atoms with E-state index >= 15 is 0 Å². The van der Waals surface area contributed by atoms with E-state index < -0.39 is 0 Å². The average molecular weight is 160 g/mol. The second-order valence-electron chi connectivity index (χ2n) is 4.37. The zero-order valence-corrected chi connectivity index (χ0v) is 7.08. The van der Waals surface area contributed by atoms with E-state index in [-0.39, 0.29) is 0 Å². The lowest BCUT2D eigenvalue weighted by atomic mass is 9.48. The average Bonchev–Trinajstić information content (AvgIpc) is 1.91. The molecule has 0 unspecified atom stereocenters. The lowest BCUT2D eigenvalue weighted by Gasteiger charge is -2.55. The predicted octanol–water partition coefficient (Wildman–Crippen LogP) is 2.23. The Labute approximate surface area is 72.8 Å². The van der Waals surface area contributed by atoms with E-state index in [1.165, 1.54) is 12.8 Å². The molecule has 0 heterocycles. The van der Waals surface area contributed by atoms with E-state index in [4.69, 9.17) is 10.5 Å². The SMILES string of the molecule is N#CC[C@H]1CC2(C[C@@H](C#N)C2)C1. The van der Waals surface area contributed by atoms with Gasteiger partial charge in [-0.25, -0.2) is 0 Å². The lowest BCUT2D eigenvalue weighted by Crippen LogP contribution is -2.46. The van der Waals surface area contributed by atoms with Crippen molar-refractivity contribution in [2.24, 2.45) is 17.3 Å². The van der Waals surface area contributed by atoms with Crippen LogP contribution >= 0.6 is 0 Å². The van der Waals surface area contributed by atoms with Crippen molar-refractivity contribution in [3.8, 4) is 12.1 Å². The van der Waals surface area contributed by atoms with E-state index in [2.05, 4.69) is 12.1 Å². The molecular weight excluding hydrogens is 148 g/mol. The molecule has 1 spiro atoms. The van der Waals surface area contributed by atoms with Crippen LogP contribution in [0.15, 0.2) is 0 Å². The molecule has 0 radical (unpaired) electrons. The lowest BCUT2D eigenvalue weighted by molar-refractivity contribution is -0.0478. The van der Waals surface area contributed by atoms with Crippen LogP contribution in [0.5, 0.6) is 0 Å². The van der Waals surface area contributed by atoms with Crippen molar-refractivity contribution in [3.63, 3.8) is 0 Å². The fourth-order valence-corrected chi connectivity index (χ4v) is 2.85. The fourth-order valence-electron chi connectivity index (χ4n) is 2.85. The van der Waals surface area contributed by atoms with Gasteiger partial charge in [0.05, 0.1) is 12.1 Å². The minimum absolute atomic E-state index is 0.327. The summed E-state index contributed by atoms with van der Waals surface area (Å²) in [5.74, 6) is 0.975. The summed E-state index contributed by atoms with van der Waals surface area (Å²) in [6.07, 6.45) is 5.34. The van der Waals surface area contributed by atoms with Gasteiger partial charge in [-0.2, -0.15) is 10.5 Å². The number of nitrogens with zero attached hydrogens (tertiary/aromatic N) is 2. The molecule has 0 aromatic rings. The summed E-state index contributed by atoms with van der Waals surface area (Å²) in [6, 6.07) is 4.52. The first-order chi connectivity index (χ1) is 5.78. The molecule has 2 rings (SSSR count). The molecule has 0 aromatic heterocycles. The molecule has 2 nitrogen and oxygen atoms in total. The van der Waals surface area contributed by atoms with Crippen LogP contribution < -0.4 is 0 Å². The highest BCUT2D eigenvalue weighted by Crippen LogP contribution is 2.61. The summed E-state index contributed by atoms with van der Waals surface area (Å²) in [4.78, 5) is 0. The molecular formula is C10H12N2. The van der Waals surface area contributed by atoms with Gasteiger partial charge in [-0.05, 0) is 37.0 Å². The normalized spacial score (nSPS) is 43.8. The van der Waals surface area contributed by atoms with Gasteiger partial charge in [0.2, 0.25) is 0 Å². The van der Waals surface area contributed by atoms with Crippen LogP contribution in [-0.4, -0.2) is 0 Å². The Kier molecular flexibility index (Phi) is 1.58. The summed E-state index contributed by atoms with van der Waals surface area (Å²) in [6.45, 7) is 0. The first-order valence-corrected chi connectivity index (χ1v) is 4.54. The Hall–Kier alpha value is -1.02. The summed E-state index contributed by atoms with van der Waals surface area (Å²) in [5, 5.41) is 17.1. The quantitative estimate of drug-likeness (QED) is 0.590. The molecule has 2 aliphatic carbocycles. The molecule has 2 aliphatic rings. The molecule has 0 aromatic carbocycles. The minimum atomic E-state index is 0.327. The molecule has 2 saturated carbocycles. The molecule has 0 aliphatic heterocycles. The van der Waals surface area contributed by atoms with E-state index in [9.17, 15) is 0 Å². The van der Waals surface area contributed by atoms with Crippen LogP contribution in [0.3, 0.4) is 0 Å². The van der Waals surface area contributed by atoms with Crippen LogP contribution in [0, 0.1) is 39.9 Å². The molecule has 2 fully saturated rings. The zero-order valence-electron chi connectivity index (χ0n) is 7.08. The Bertz CT molecular complexity index is 255. The van der Waals surface area contributed by atoms with E-state index in [1.807, 2.05) is 0 Å². The van der Waals surface area contributed by atoms with Crippen molar-refractivity contribution in [2.45, 2.75) is 32.1 Å². The first-order valence-electron chi connectivity index (χ1n) is 4.54. The molecule has 0 saturated heterocycles. The van der Waals surface area contributed by atoms with Crippen molar-refractivity contribution in [1.82, 2.24) is 0 Å². The molecule has 0 bridgehead atoms. The summed E-state index contributed by atoms with van der Waals surface area (Å²) >= 11 is 0. The van der Waals surface area contributed by atoms with E-state index in [0.29, 0.717) is 17.3 Å². The Balaban J connectivity index is 1.77. The summed E-state index contributed by atoms with van der Waals surface area (Å²) in [7, 11) is 0. The highest BCUT2D eigenvalue weighted by Gasteiger charge is 2.52. The van der Waals surface area contributed by atoms with Crippen molar-refractivity contribution in [2.75, 3.05) is 0 Å². The fraction of sp³-hybridized carbons (Fsp3) is 0.800. The summed E-state index contributed by atoms with van der Waals surface area (Å²) < 4.78 is 0. The summed E-state index contributed by atoms with van der Waals surface area (Å²) in [5.41, 5.74) is 0.516. The predicted molar refractivity (Wildman–Crippen MR) is 43.7 cm³/mol. The maximum atomic E-state index is 8.60. The molecule has 0 N–H and O–H groups in total. The highest BCUT2D eigenvalue weighted by molar-refractivity contribution is 5.09. The number of rotatable bonds is 1. The van der Waals surface area contributed by atoms with Gasteiger partial charge < -0.3 is 0 Å². The molecule has 2 heteroatoms. The molecule has 12 heavy (non-hydrogen) atoms. The Morgan fingerprint density at radius 3 is 2.33 bits per heavy atom. The van der Waals surface area contributed by atoms with Crippen molar-refractivity contribution >= 4 is 0 Å². The van der Waals surface area contributed by atoms with Gasteiger partial charge in [-0.3, -0.25) is 0 Å². The van der Waals surface area contributed by atoms with E-state index in [1.54, 1.807) is 0 Å². The number of hydrogen-bond donors (Lipinski definition) is 0. The minimum Gasteiger partial charge on any atom is -0.198 e. The van der Waals surface area contributed by atoms with Gasteiger partial charge in [-0.1, -0.05) is 0 Å². The van der Waals surface area contributed by atoms with Crippen LogP contribution in [-0.2, 0) is 0 Å². The molecule has 62 valence electrons. The van der Waals surface area contributed by atoms with Gasteiger partial charge >= 0.3 is 0 Å². The third kappa shape index (κ3) is 0.994. The van der Waals surface area contributed by atoms with Gasteiger partial charge in [-0.15, -0.1) is 0 Å². The largest absolute Gasteiger partial charge is 0.198 e. The Morgan fingerprint density at radius 1 is 1.17 bits per heavy atom. The Morgan fingerprint density at radius 2 is 1.83 bits per heavy atom. The number of hydrogen-bond acceptors (Lipinski definition) is 2. The first kappa shape index (κ1) is 7.62. The van der Waals surface area contributed by atoms with Crippen LogP contribution in [0.4, 0.5) is 0 Å². The maximum absolute atomic E-state index is 8.60. The van der Waals surface area contributed by atoms with Gasteiger partial charge in [0.25, 0.3) is 0 Å². The van der Waals surface area contributed by atoms with Gasteiger partial charge in [0.15, 0.2) is 0 Å². The second-order valence-corrected chi connectivity index (χ2v) is 4.37. The third-order valence-corrected chi connectivity index (χ3v) is 3.36. The van der Waals surface area contributed by atoms with E-state index in [0.717, 1.165) is 19.3 Å². The van der Waals surface area contributed by atoms with Gasteiger partial charge in [0.1, 0.15) is 0 Å². The standard InChI is InChI=1S/C10H12N2/c11-2-1-8-3-10(4-8)5-9(6-10)7-12/h8-9H,1,3-6H2/t8-,9-,10?. The van der Waals surface area contributed by atoms with Crippen LogP contribution in [0.1, 0.15) is 32.1 Å². The van der Waals surface area contributed by atoms with Crippen molar-refractivity contribution in [3.05, 3.63) is 0 Å². The molecule has 0 atom stereocenters. The van der Waals surface area contributed by atoms with Crippen molar-refractivity contribution in [1.29, 1.82) is 10.5 Å². The molecule has 0 amide bonds. The second kappa shape index (κ2) is 2.49. The zero-order chi connectivity index (χ0) is 8.60. The number of nitriles is 2. The van der Waals surface area contributed by atoms with Crippen LogP contribution in [0.25, 0.3) is 0 Å². The third-order valence-electron chi connectivity index (χ3n) is 3.36. The topological polar surface area (TPSA) is 47.6 Å². The smallest absolute Gasteiger partial charge is 0.0656 e.